The Morgan fingerprint density at radius 1 is 0.790 bits per heavy atom. The normalized spacial score (nSPS) is 8.61. The number of imidazole rings is 3. The molecule has 17 nitrogen and oxygen atoms in total. The summed E-state index contributed by atoms with van der Waals surface area (Å²) in [6.07, 6.45) is 10.3. The van der Waals surface area contributed by atoms with Crippen LogP contribution < -0.4 is 22.9 Å². The first-order valence-corrected chi connectivity index (χ1v) is 20.7. The second kappa shape index (κ2) is 40.7. The van der Waals surface area contributed by atoms with Crippen LogP contribution in [0, 0.1) is 52.4 Å². The average molecular weight is 1290 g/mol. The molecule has 3 heterocycles. The number of nitrogens with one attached hydrogen (secondary N) is 1. The number of halogens is 4. The fraction of sp³-hybridized carbons (Fsp3) is 0.256. The number of aliphatic hydroxyl groups excluding tert-OH is 1. The molecular formula is C39H58ClI3N12O5V2-2. The van der Waals surface area contributed by atoms with Gasteiger partial charge in [0, 0.05) is 68.5 Å². The summed E-state index contributed by atoms with van der Waals surface area (Å²) in [4.78, 5) is 34.9. The summed E-state index contributed by atoms with van der Waals surface area (Å²) >= 11 is 12.3. The van der Waals surface area contributed by atoms with Crippen molar-refractivity contribution in [2.75, 3.05) is 30.0 Å². The Morgan fingerprint density at radius 2 is 1.16 bits per heavy atom. The Kier molecular flexibility index (Phi) is 46.3. The number of nitro benzene ring substituents is 2. The molecule has 0 unspecified atom stereocenters. The first-order valence-electron chi connectivity index (χ1n) is 16.6. The Bertz CT molecular complexity index is 2040. The molecular weight excluding hydrogens is 1230 g/mol. The zero-order chi connectivity index (χ0) is 45.0. The molecule has 3 aromatic heterocycles. The second-order valence-electron chi connectivity index (χ2n) is 10.5. The largest absolute Gasteiger partial charge is 0.400 e. The fourth-order valence-electron chi connectivity index (χ4n) is 3.91. The van der Waals surface area contributed by atoms with E-state index in [1.54, 1.807) is 60.8 Å². The van der Waals surface area contributed by atoms with Crippen molar-refractivity contribution < 1.29 is 52.1 Å². The summed E-state index contributed by atoms with van der Waals surface area (Å²) in [5.74, 6) is 0. The van der Waals surface area contributed by atoms with Gasteiger partial charge in [0.15, 0.2) is 0 Å². The van der Waals surface area contributed by atoms with Crippen LogP contribution in [0.4, 0.5) is 34.1 Å². The Labute approximate surface area is 435 Å². The third kappa shape index (κ3) is 27.9. The second-order valence-corrected chi connectivity index (χ2v) is 18.3. The van der Waals surface area contributed by atoms with Crippen molar-refractivity contribution in [3.8, 4) is 11.4 Å². The number of para-hydroxylation sites is 3. The number of nitrogens with two attached hydrogens (primary N) is 4. The molecule has 0 aliphatic carbocycles. The van der Waals surface area contributed by atoms with E-state index in [-0.39, 0.29) is 79.7 Å². The predicted octanol–water partition coefficient (Wildman–Crippen LogP) is 11.1. The van der Waals surface area contributed by atoms with Crippen molar-refractivity contribution in [2.24, 2.45) is 0 Å². The molecule has 0 spiro atoms. The van der Waals surface area contributed by atoms with Gasteiger partial charge in [0.1, 0.15) is 22.1 Å². The van der Waals surface area contributed by atoms with Crippen molar-refractivity contribution in [2.45, 2.75) is 58.3 Å². The number of aromatic nitrogens is 6. The maximum absolute atomic E-state index is 10.9. The SMILES string of the molecule is C.C.CC(I)I.CO.C[CH-]I.Cc1cn(-c2cccc(N)c2N)cn1.Cc1cn(-c2cccc(N)c2[N+](=O)[O-])cn1.Cc1cnc[nH]1.Nc1cccc(Cl)c1[N+](=O)[O-].[CH2-]C.[V].[V]. The third-order valence-electron chi connectivity index (χ3n) is 6.16. The van der Waals surface area contributed by atoms with Crippen molar-refractivity contribution in [1.29, 1.82) is 0 Å². The maximum Gasteiger partial charge on any atom is 0.315 e. The van der Waals surface area contributed by atoms with Crippen LogP contribution in [0.5, 0.6) is 0 Å². The molecule has 0 amide bonds. The number of hydrogen-bond donors (Lipinski definition) is 6. The van der Waals surface area contributed by atoms with Crippen LogP contribution in [0.25, 0.3) is 11.4 Å². The minimum Gasteiger partial charge on any atom is -0.400 e. The quantitative estimate of drug-likeness (QED) is 0.0240. The summed E-state index contributed by atoms with van der Waals surface area (Å²) < 4.78 is 6.19. The molecule has 0 bridgehead atoms. The minimum atomic E-state index is -0.600. The number of nitro groups is 2. The first kappa shape index (κ1) is 70.6. The van der Waals surface area contributed by atoms with Gasteiger partial charge >= 0.3 is 11.4 Å². The fourth-order valence-corrected chi connectivity index (χ4v) is 4.16. The summed E-state index contributed by atoms with van der Waals surface area (Å²) in [7, 11) is 1.00. The van der Waals surface area contributed by atoms with E-state index in [0.29, 0.717) is 17.1 Å². The van der Waals surface area contributed by atoms with Gasteiger partial charge in [0.05, 0.1) is 59.2 Å². The van der Waals surface area contributed by atoms with Gasteiger partial charge < -0.3 is 67.1 Å². The number of nitrogens with zero attached hydrogens (tertiary/aromatic N) is 7. The van der Waals surface area contributed by atoms with Gasteiger partial charge in [0.25, 0.3) is 0 Å². The Morgan fingerprint density at radius 3 is 1.47 bits per heavy atom. The standard InChI is InChI=1S/C10H10N4O2.C10H12N4.C6H5ClN2O2.C4H6N2.C2H4I2.C2H4I.C2H5.CH4O.2CH4.2V/c1-7-5-13(6-12-7)9-4-2-3-8(11)10(9)14(15)16;1-7-5-14(6-13-7)9-4-2-3-8(11)10(9)12;7-4-2-1-3-5(8)6(4)9(10)11;1-4-2-5-3-6-4;1-2(3)4;1-2-3;2*1-2;;;;/h2-6H,11H2,1H3;2-6H,11-12H2,1H3;1-3H,8H2;2-3H,1H3,(H,5,6);2H,1H3;2H,1H3;1H2,2H3;2H,1H3;2*1H4;;/q;;;;;2*-1;;;;;. The number of nitrogen functional groups attached to an aromatic ring is 4. The number of hydrogen-bond acceptors (Lipinski definition) is 12. The number of benzene rings is 3. The van der Waals surface area contributed by atoms with E-state index < -0.39 is 9.85 Å². The molecule has 10 N–H and O–H groups in total. The van der Waals surface area contributed by atoms with Crippen LogP contribution in [-0.2, 0) is 37.1 Å². The maximum atomic E-state index is 10.9. The number of aromatic amines is 1. The molecule has 0 saturated carbocycles. The van der Waals surface area contributed by atoms with Crippen LogP contribution >= 0.6 is 79.4 Å². The molecule has 344 valence electrons. The number of aliphatic hydroxyl groups is 1. The van der Waals surface area contributed by atoms with Crippen LogP contribution in [0.2, 0.25) is 5.02 Å². The van der Waals surface area contributed by atoms with Gasteiger partial charge in [-0.15, -0.1) is 0 Å². The molecule has 0 fully saturated rings. The first-order chi connectivity index (χ1) is 27.4. The molecule has 0 atom stereocenters. The van der Waals surface area contributed by atoms with Gasteiger partial charge in [0.2, 0.25) is 0 Å². The molecule has 6 rings (SSSR count). The third-order valence-corrected chi connectivity index (χ3v) is 6.47. The van der Waals surface area contributed by atoms with Gasteiger partial charge in [-0.2, -0.15) is 13.8 Å². The van der Waals surface area contributed by atoms with E-state index in [1.165, 1.54) is 24.5 Å². The van der Waals surface area contributed by atoms with Crippen LogP contribution in [0.1, 0.15) is 52.7 Å². The van der Waals surface area contributed by atoms with Crippen LogP contribution in [0.3, 0.4) is 0 Å². The van der Waals surface area contributed by atoms with E-state index in [0.717, 1.165) is 31.8 Å². The molecule has 62 heavy (non-hydrogen) atoms. The number of H-pyrrole nitrogens is 1. The van der Waals surface area contributed by atoms with Gasteiger partial charge in [-0.3, -0.25) is 29.2 Å². The number of aryl methyl sites for hydroxylation is 3. The summed E-state index contributed by atoms with van der Waals surface area (Å²) in [5.41, 5.74) is 27.7. The Hall–Kier alpha value is -3.10. The smallest absolute Gasteiger partial charge is 0.315 e. The van der Waals surface area contributed by atoms with E-state index in [2.05, 4.69) is 102 Å². The molecule has 0 aliphatic rings. The Balaban J connectivity index is -0.000000157. The number of rotatable bonds is 4. The van der Waals surface area contributed by atoms with E-state index in [9.17, 15) is 20.2 Å². The van der Waals surface area contributed by atoms with E-state index >= 15 is 0 Å². The van der Waals surface area contributed by atoms with Crippen LogP contribution in [-0.4, -0.2) is 53.1 Å². The van der Waals surface area contributed by atoms with Crippen molar-refractivity contribution in [3.63, 3.8) is 0 Å². The predicted molar refractivity (Wildman–Crippen MR) is 276 cm³/mol. The van der Waals surface area contributed by atoms with Gasteiger partial charge in [-0.05, 0) is 64.1 Å². The number of alkyl halides is 2. The van der Waals surface area contributed by atoms with Gasteiger partial charge in [-0.1, -0.05) is 89.8 Å². The van der Waals surface area contributed by atoms with Crippen molar-refractivity contribution >= 4 is 113 Å². The summed E-state index contributed by atoms with van der Waals surface area (Å²) in [6.45, 7) is 14.8. The van der Waals surface area contributed by atoms with Crippen molar-refractivity contribution in [3.05, 3.63) is 146 Å². The summed E-state index contributed by atoms with van der Waals surface area (Å²) in [5, 5.41) is 28.3. The molecule has 6 aromatic rings. The zero-order valence-electron chi connectivity index (χ0n) is 33.9. The van der Waals surface area contributed by atoms with Crippen molar-refractivity contribution in [1.82, 2.24) is 29.1 Å². The summed E-state index contributed by atoms with van der Waals surface area (Å²) in [6, 6.07) is 14.8. The average Bonchev–Trinajstić information content (AvgIpc) is 3.94. The number of anilines is 4. The molecule has 0 aliphatic heterocycles. The van der Waals surface area contributed by atoms with E-state index in [4.69, 9.17) is 39.6 Å². The van der Waals surface area contributed by atoms with Crippen LogP contribution in [0.15, 0.2) is 92.2 Å². The molecule has 0 saturated heterocycles. The van der Waals surface area contributed by atoms with Gasteiger partial charge in [-0.25, -0.2) is 15.0 Å². The molecule has 23 heteroatoms. The minimum absolute atomic E-state index is 0. The topological polar surface area (TPSA) is 275 Å². The molecule has 3 aromatic carbocycles. The van der Waals surface area contributed by atoms with E-state index in [1.807, 2.05) is 55.0 Å². The molecule has 2 radical (unpaired) electrons. The monoisotopic (exact) mass is 1290 g/mol. The zero-order valence-corrected chi connectivity index (χ0v) is 44.0.